The van der Waals surface area contributed by atoms with Gasteiger partial charge in [-0.05, 0) is 63.2 Å². The molecule has 0 fully saturated rings. The summed E-state index contributed by atoms with van der Waals surface area (Å²) >= 11 is 1.55. The fraction of sp³-hybridized carbons (Fsp3) is 0.130. The number of hydrogen-bond donors (Lipinski definition) is 2. The largest absolute Gasteiger partial charge is 0.394 e. The van der Waals surface area contributed by atoms with Crippen LogP contribution in [0.1, 0.15) is 5.69 Å². The van der Waals surface area contributed by atoms with Crippen LogP contribution in [0, 0.1) is 17.1 Å². The molecule has 4 aromatic rings. The Labute approximate surface area is 175 Å². The van der Waals surface area contributed by atoms with Gasteiger partial charge in [-0.15, -0.1) is 0 Å². The normalized spacial score (nSPS) is 12.1. The maximum Gasteiger partial charge on any atom is 0.259 e. The molecular weight excluding hydrogens is 403 g/mol. The Morgan fingerprint density at radius 1 is 1.10 bits per heavy atom. The molecule has 0 spiro atoms. The van der Waals surface area contributed by atoms with E-state index in [1.54, 1.807) is 29.5 Å². The van der Waals surface area contributed by atoms with Crippen molar-refractivity contribution in [2.45, 2.75) is 12.6 Å². The van der Waals surface area contributed by atoms with Crippen molar-refractivity contribution in [3.05, 3.63) is 81.2 Å². The maximum absolute atomic E-state index is 14.0. The Bertz CT molecular complexity index is 1320. The van der Waals surface area contributed by atoms with Crippen LogP contribution in [0.4, 0.5) is 4.39 Å². The Balaban J connectivity index is 2.12. The SMILES string of the molecule is N#Cc1c(-c2cccc(F)c2)c2cc(-c3ccsc3)ccc2c(=O)n1CC(O)CO. The summed E-state index contributed by atoms with van der Waals surface area (Å²) in [6.45, 7) is -0.801. The van der Waals surface area contributed by atoms with Gasteiger partial charge in [0.25, 0.3) is 5.56 Å². The molecule has 0 aliphatic carbocycles. The summed E-state index contributed by atoms with van der Waals surface area (Å²) in [5, 5.41) is 33.9. The van der Waals surface area contributed by atoms with Crippen LogP contribution >= 0.6 is 11.3 Å². The number of nitrogens with zero attached hydrogens (tertiary/aromatic N) is 2. The number of aliphatic hydroxyl groups excluding tert-OH is 2. The van der Waals surface area contributed by atoms with Gasteiger partial charge in [0.15, 0.2) is 0 Å². The van der Waals surface area contributed by atoms with Gasteiger partial charge in [0, 0.05) is 10.9 Å². The van der Waals surface area contributed by atoms with Crippen molar-refractivity contribution in [3.63, 3.8) is 0 Å². The summed E-state index contributed by atoms with van der Waals surface area (Å²) < 4.78 is 15.2. The molecule has 5 nitrogen and oxygen atoms in total. The quantitative estimate of drug-likeness (QED) is 0.515. The minimum atomic E-state index is -1.21. The molecule has 0 amide bonds. The summed E-state index contributed by atoms with van der Waals surface area (Å²) in [5.41, 5.74) is 2.27. The third-order valence-corrected chi connectivity index (χ3v) is 5.63. The van der Waals surface area contributed by atoms with Gasteiger partial charge in [-0.25, -0.2) is 4.39 Å². The highest BCUT2D eigenvalue weighted by Crippen LogP contribution is 2.34. The zero-order valence-corrected chi connectivity index (χ0v) is 16.6. The van der Waals surface area contributed by atoms with Crippen molar-refractivity contribution in [2.24, 2.45) is 0 Å². The van der Waals surface area contributed by atoms with E-state index in [1.165, 1.54) is 12.1 Å². The van der Waals surface area contributed by atoms with Crippen LogP contribution in [-0.4, -0.2) is 27.5 Å². The molecule has 30 heavy (non-hydrogen) atoms. The Morgan fingerprint density at radius 2 is 1.93 bits per heavy atom. The first-order valence-electron chi connectivity index (χ1n) is 9.21. The number of halogens is 1. The van der Waals surface area contributed by atoms with E-state index in [9.17, 15) is 24.7 Å². The van der Waals surface area contributed by atoms with Crippen LogP contribution in [0.5, 0.6) is 0 Å². The molecule has 1 atom stereocenters. The molecule has 0 saturated carbocycles. The lowest BCUT2D eigenvalue weighted by molar-refractivity contribution is 0.0803. The van der Waals surface area contributed by atoms with Gasteiger partial charge < -0.3 is 10.2 Å². The molecular formula is C23H17FN2O3S. The second-order valence-corrected chi connectivity index (χ2v) is 7.65. The number of nitriles is 1. The minimum Gasteiger partial charge on any atom is -0.394 e. The lowest BCUT2D eigenvalue weighted by atomic mass is 9.94. The molecule has 2 aromatic heterocycles. The van der Waals surface area contributed by atoms with E-state index in [4.69, 9.17) is 0 Å². The van der Waals surface area contributed by atoms with E-state index < -0.39 is 24.1 Å². The van der Waals surface area contributed by atoms with Crippen LogP contribution in [-0.2, 0) is 6.54 Å². The van der Waals surface area contributed by atoms with Crippen LogP contribution in [0.3, 0.4) is 0 Å². The van der Waals surface area contributed by atoms with Crippen LogP contribution < -0.4 is 5.56 Å². The van der Waals surface area contributed by atoms with Gasteiger partial charge in [-0.2, -0.15) is 16.6 Å². The van der Waals surface area contributed by atoms with Crippen molar-refractivity contribution < 1.29 is 14.6 Å². The summed E-state index contributed by atoms with van der Waals surface area (Å²) in [7, 11) is 0. The Hall–Kier alpha value is -3.31. The summed E-state index contributed by atoms with van der Waals surface area (Å²) in [4.78, 5) is 13.2. The molecule has 0 saturated heterocycles. The number of rotatable bonds is 5. The van der Waals surface area contributed by atoms with Crippen molar-refractivity contribution in [3.8, 4) is 28.3 Å². The van der Waals surface area contributed by atoms with Gasteiger partial charge in [-0.3, -0.25) is 9.36 Å². The highest BCUT2D eigenvalue weighted by Gasteiger charge is 2.20. The summed E-state index contributed by atoms with van der Waals surface area (Å²) in [5.74, 6) is -0.466. The van der Waals surface area contributed by atoms with E-state index in [2.05, 4.69) is 0 Å². The third kappa shape index (κ3) is 3.53. The zero-order chi connectivity index (χ0) is 21.3. The number of benzene rings is 2. The van der Waals surface area contributed by atoms with Gasteiger partial charge in [-0.1, -0.05) is 18.2 Å². The predicted octanol–water partition coefficient (Wildman–Crippen LogP) is 3.76. The smallest absolute Gasteiger partial charge is 0.259 e. The highest BCUT2D eigenvalue weighted by atomic mass is 32.1. The van der Waals surface area contributed by atoms with E-state index >= 15 is 0 Å². The second-order valence-electron chi connectivity index (χ2n) is 6.87. The molecule has 2 N–H and O–H groups in total. The van der Waals surface area contributed by atoms with E-state index in [0.29, 0.717) is 21.9 Å². The summed E-state index contributed by atoms with van der Waals surface area (Å²) in [6, 6.07) is 15.2. The van der Waals surface area contributed by atoms with Gasteiger partial charge in [0.2, 0.25) is 0 Å². The average Bonchev–Trinajstić information content (AvgIpc) is 3.29. The highest BCUT2D eigenvalue weighted by molar-refractivity contribution is 7.08. The average molecular weight is 420 g/mol. The first kappa shape index (κ1) is 20.0. The van der Waals surface area contributed by atoms with E-state index in [-0.39, 0.29) is 12.2 Å². The lowest BCUT2D eigenvalue weighted by Crippen LogP contribution is -2.31. The number of aromatic nitrogens is 1. The number of thiophene rings is 1. The van der Waals surface area contributed by atoms with Crippen molar-refractivity contribution in [1.82, 2.24) is 4.57 Å². The Morgan fingerprint density at radius 3 is 2.60 bits per heavy atom. The monoisotopic (exact) mass is 420 g/mol. The van der Waals surface area contributed by atoms with Crippen LogP contribution in [0.2, 0.25) is 0 Å². The van der Waals surface area contributed by atoms with Crippen molar-refractivity contribution in [1.29, 1.82) is 5.26 Å². The molecule has 4 rings (SSSR count). The molecule has 150 valence electrons. The number of hydrogen-bond acceptors (Lipinski definition) is 5. The van der Waals surface area contributed by atoms with Crippen LogP contribution in [0.15, 0.2) is 64.1 Å². The first-order chi connectivity index (χ1) is 14.5. The lowest BCUT2D eigenvalue weighted by Gasteiger charge is -2.18. The van der Waals surface area contributed by atoms with E-state index in [1.807, 2.05) is 35.0 Å². The van der Waals surface area contributed by atoms with E-state index in [0.717, 1.165) is 15.7 Å². The fourth-order valence-corrected chi connectivity index (χ4v) is 4.22. The summed E-state index contributed by atoms with van der Waals surface area (Å²) in [6.07, 6.45) is -1.21. The van der Waals surface area contributed by atoms with Crippen LogP contribution in [0.25, 0.3) is 33.0 Å². The maximum atomic E-state index is 14.0. The first-order valence-corrected chi connectivity index (χ1v) is 10.2. The molecule has 7 heteroatoms. The third-order valence-electron chi connectivity index (χ3n) is 4.95. The van der Waals surface area contributed by atoms with Gasteiger partial charge >= 0.3 is 0 Å². The molecule has 2 heterocycles. The predicted molar refractivity (Wildman–Crippen MR) is 115 cm³/mol. The molecule has 1 unspecified atom stereocenters. The number of aliphatic hydroxyl groups is 2. The molecule has 0 bridgehead atoms. The number of pyridine rings is 1. The molecule has 0 aliphatic heterocycles. The van der Waals surface area contributed by atoms with Crippen molar-refractivity contribution in [2.75, 3.05) is 6.61 Å². The van der Waals surface area contributed by atoms with Gasteiger partial charge in [0.1, 0.15) is 17.6 Å². The molecule has 0 aliphatic rings. The van der Waals surface area contributed by atoms with Crippen molar-refractivity contribution >= 4 is 22.1 Å². The Kier molecular flexibility index (Phi) is 5.46. The standard InChI is InChI=1S/C23H17FN2O3S/c24-17-3-1-2-15(8-17)22-20-9-14(16-6-7-30-13-16)4-5-19(20)23(29)26(21(22)10-25)11-18(28)12-27/h1-9,13,18,27-28H,11-12H2. The molecule has 2 aromatic carbocycles. The topological polar surface area (TPSA) is 86.2 Å². The second kappa shape index (κ2) is 8.20. The molecule has 0 radical (unpaired) electrons. The zero-order valence-electron chi connectivity index (χ0n) is 15.7. The number of fused-ring (bicyclic) bond motifs is 1. The van der Waals surface area contributed by atoms with Gasteiger partial charge in [0.05, 0.1) is 19.3 Å². The minimum absolute atomic E-state index is 0.00747. The fourth-order valence-electron chi connectivity index (χ4n) is 3.55.